The van der Waals surface area contributed by atoms with Gasteiger partial charge in [-0.2, -0.15) is 0 Å². The first kappa shape index (κ1) is 17.2. The standard InChI is InChI=1S/C15H28N2O3/c1-3-4-15(16)14-5-6-17(13-14)7-8-19-11-12-20-10-9-18-2/h5-6,13,15H,3-4,7-12,16H2,1-2H3. The Morgan fingerprint density at radius 3 is 2.55 bits per heavy atom. The van der Waals surface area contributed by atoms with E-state index in [1.54, 1.807) is 7.11 Å². The zero-order valence-electron chi connectivity index (χ0n) is 12.7. The van der Waals surface area contributed by atoms with Crippen LogP contribution in [0.4, 0.5) is 0 Å². The Morgan fingerprint density at radius 2 is 1.85 bits per heavy atom. The highest BCUT2D eigenvalue weighted by molar-refractivity contribution is 5.14. The highest BCUT2D eigenvalue weighted by Crippen LogP contribution is 2.15. The minimum Gasteiger partial charge on any atom is -0.382 e. The summed E-state index contributed by atoms with van der Waals surface area (Å²) >= 11 is 0. The Bertz CT molecular complexity index is 342. The molecule has 0 aliphatic carbocycles. The molecular weight excluding hydrogens is 256 g/mol. The highest BCUT2D eigenvalue weighted by atomic mass is 16.5. The lowest BCUT2D eigenvalue weighted by Gasteiger charge is -2.08. The molecule has 0 spiro atoms. The first-order chi connectivity index (χ1) is 9.77. The lowest BCUT2D eigenvalue weighted by molar-refractivity contribution is 0.0230. The van der Waals surface area contributed by atoms with E-state index in [4.69, 9.17) is 19.9 Å². The molecule has 0 radical (unpaired) electrons. The van der Waals surface area contributed by atoms with Crippen LogP contribution in [0.2, 0.25) is 0 Å². The van der Waals surface area contributed by atoms with Gasteiger partial charge < -0.3 is 24.5 Å². The number of aromatic nitrogens is 1. The van der Waals surface area contributed by atoms with Gasteiger partial charge in [0.2, 0.25) is 0 Å². The molecule has 0 saturated carbocycles. The van der Waals surface area contributed by atoms with Crippen LogP contribution in [-0.2, 0) is 20.8 Å². The Hall–Kier alpha value is -0.880. The van der Waals surface area contributed by atoms with Crippen molar-refractivity contribution >= 4 is 0 Å². The van der Waals surface area contributed by atoms with Crippen LogP contribution in [0.15, 0.2) is 18.5 Å². The molecule has 1 aromatic heterocycles. The lowest BCUT2D eigenvalue weighted by atomic mass is 10.1. The summed E-state index contributed by atoms with van der Waals surface area (Å²) in [7, 11) is 1.66. The van der Waals surface area contributed by atoms with Crippen molar-refractivity contribution in [1.82, 2.24) is 4.57 Å². The summed E-state index contributed by atoms with van der Waals surface area (Å²) in [6, 6.07) is 2.24. The molecule has 0 aliphatic heterocycles. The molecule has 116 valence electrons. The van der Waals surface area contributed by atoms with E-state index in [0.29, 0.717) is 33.0 Å². The van der Waals surface area contributed by atoms with Crippen molar-refractivity contribution in [3.8, 4) is 0 Å². The van der Waals surface area contributed by atoms with Crippen LogP contribution in [0.3, 0.4) is 0 Å². The van der Waals surface area contributed by atoms with Crippen molar-refractivity contribution in [1.29, 1.82) is 0 Å². The quantitative estimate of drug-likeness (QED) is 0.596. The zero-order chi connectivity index (χ0) is 14.6. The molecule has 1 rings (SSSR count). The minimum absolute atomic E-state index is 0.149. The third-order valence-electron chi connectivity index (χ3n) is 3.10. The van der Waals surface area contributed by atoms with Crippen LogP contribution in [0.1, 0.15) is 31.4 Å². The van der Waals surface area contributed by atoms with Crippen LogP contribution < -0.4 is 5.73 Å². The number of hydrogen-bond donors (Lipinski definition) is 1. The summed E-state index contributed by atoms with van der Waals surface area (Å²) in [4.78, 5) is 0. The number of nitrogens with zero attached hydrogens (tertiary/aromatic N) is 1. The van der Waals surface area contributed by atoms with Gasteiger partial charge >= 0.3 is 0 Å². The van der Waals surface area contributed by atoms with E-state index in [-0.39, 0.29) is 6.04 Å². The van der Waals surface area contributed by atoms with Gasteiger partial charge in [0.05, 0.1) is 33.0 Å². The van der Waals surface area contributed by atoms with Crippen LogP contribution in [-0.4, -0.2) is 44.7 Å². The molecule has 1 atom stereocenters. The van der Waals surface area contributed by atoms with Crippen molar-refractivity contribution in [2.24, 2.45) is 5.73 Å². The number of ether oxygens (including phenoxy) is 3. The molecule has 5 nitrogen and oxygen atoms in total. The van der Waals surface area contributed by atoms with Gasteiger partial charge in [-0.3, -0.25) is 0 Å². The van der Waals surface area contributed by atoms with Gasteiger partial charge in [-0.1, -0.05) is 13.3 Å². The fourth-order valence-corrected chi connectivity index (χ4v) is 1.93. The highest BCUT2D eigenvalue weighted by Gasteiger charge is 2.06. The summed E-state index contributed by atoms with van der Waals surface area (Å²) in [5.41, 5.74) is 7.29. The molecule has 0 aliphatic rings. The van der Waals surface area contributed by atoms with Gasteiger partial charge in [0.25, 0.3) is 0 Å². The van der Waals surface area contributed by atoms with Gasteiger partial charge in [0, 0.05) is 32.1 Å². The fourth-order valence-electron chi connectivity index (χ4n) is 1.93. The van der Waals surface area contributed by atoms with Crippen molar-refractivity contribution < 1.29 is 14.2 Å². The maximum Gasteiger partial charge on any atom is 0.0701 e. The van der Waals surface area contributed by atoms with E-state index < -0.39 is 0 Å². The molecule has 0 amide bonds. The second-order valence-electron chi connectivity index (χ2n) is 4.80. The predicted octanol–water partition coefficient (Wildman–Crippen LogP) is 1.97. The van der Waals surface area contributed by atoms with E-state index >= 15 is 0 Å². The molecule has 20 heavy (non-hydrogen) atoms. The largest absolute Gasteiger partial charge is 0.382 e. The minimum atomic E-state index is 0.149. The first-order valence-electron chi connectivity index (χ1n) is 7.33. The summed E-state index contributed by atoms with van der Waals surface area (Å²) in [6.45, 7) is 6.16. The molecule has 2 N–H and O–H groups in total. The van der Waals surface area contributed by atoms with Crippen molar-refractivity contribution in [2.75, 3.05) is 40.1 Å². The third kappa shape index (κ3) is 7.05. The number of hydrogen-bond acceptors (Lipinski definition) is 4. The number of nitrogens with two attached hydrogens (primary N) is 1. The van der Waals surface area contributed by atoms with Crippen LogP contribution >= 0.6 is 0 Å². The Kier molecular flexibility index (Phi) is 9.32. The molecule has 0 saturated heterocycles. The molecular formula is C15H28N2O3. The summed E-state index contributed by atoms with van der Waals surface area (Å²) in [5.74, 6) is 0. The summed E-state index contributed by atoms with van der Waals surface area (Å²) < 4.78 is 17.8. The van der Waals surface area contributed by atoms with Gasteiger partial charge in [-0.05, 0) is 18.1 Å². The van der Waals surface area contributed by atoms with E-state index in [1.165, 1.54) is 5.56 Å². The molecule has 0 aromatic carbocycles. The summed E-state index contributed by atoms with van der Waals surface area (Å²) in [6.07, 6.45) is 6.31. The van der Waals surface area contributed by atoms with Crippen molar-refractivity contribution in [3.05, 3.63) is 24.0 Å². The average molecular weight is 284 g/mol. The van der Waals surface area contributed by atoms with E-state index in [0.717, 1.165) is 19.4 Å². The second kappa shape index (κ2) is 10.9. The molecule has 5 heteroatoms. The summed E-state index contributed by atoms with van der Waals surface area (Å²) in [5, 5.41) is 0. The monoisotopic (exact) mass is 284 g/mol. The number of methoxy groups -OCH3 is 1. The smallest absolute Gasteiger partial charge is 0.0701 e. The van der Waals surface area contributed by atoms with Gasteiger partial charge in [-0.25, -0.2) is 0 Å². The van der Waals surface area contributed by atoms with Crippen LogP contribution in [0.25, 0.3) is 0 Å². The molecule has 0 bridgehead atoms. The zero-order valence-corrected chi connectivity index (χ0v) is 12.7. The molecule has 1 aromatic rings. The molecule has 1 unspecified atom stereocenters. The maximum atomic E-state index is 6.08. The predicted molar refractivity (Wildman–Crippen MR) is 79.8 cm³/mol. The van der Waals surface area contributed by atoms with Gasteiger partial charge in [0.1, 0.15) is 0 Å². The first-order valence-corrected chi connectivity index (χ1v) is 7.33. The lowest BCUT2D eigenvalue weighted by Crippen LogP contribution is -2.11. The van der Waals surface area contributed by atoms with E-state index in [2.05, 4.69) is 30.0 Å². The Balaban J connectivity index is 2.07. The SMILES string of the molecule is CCCC(N)c1ccn(CCOCCOCCOC)c1. The second-order valence-corrected chi connectivity index (χ2v) is 4.80. The maximum absolute atomic E-state index is 6.08. The van der Waals surface area contributed by atoms with Gasteiger partial charge in [0.15, 0.2) is 0 Å². The van der Waals surface area contributed by atoms with E-state index in [9.17, 15) is 0 Å². The van der Waals surface area contributed by atoms with Gasteiger partial charge in [-0.15, -0.1) is 0 Å². The van der Waals surface area contributed by atoms with Crippen LogP contribution in [0, 0.1) is 0 Å². The topological polar surface area (TPSA) is 58.6 Å². The fraction of sp³-hybridized carbons (Fsp3) is 0.733. The third-order valence-corrected chi connectivity index (χ3v) is 3.10. The Morgan fingerprint density at radius 1 is 1.15 bits per heavy atom. The Labute approximate surface area is 122 Å². The normalized spacial score (nSPS) is 12.8. The molecule has 0 fully saturated rings. The van der Waals surface area contributed by atoms with Crippen molar-refractivity contribution in [3.63, 3.8) is 0 Å². The van der Waals surface area contributed by atoms with E-state index in [1.807, 2.05) is 0 Å². The molecule has 1 heterocycles. The van der Waals surface area contributed by atoms with Crippen LogP contribution in [0.5, 0.6) is 0 Å². The average Bonchev–Trinajstić information content (AvgIpc) is 2.91. The van der Waals surface area contributed by atoms with Crippen molar-refractivity contribution in [2.45, 2.75) is 32.4 Å². The number of rotatable bonds is 12.